The van der Waals surface area contributed by atoms with Crippen molar-refractivity contribution < 1.29 is 0 Å². The average Bonchev–Trinajstić information content (AvgIpc) is 2.38. The Balaban J connectivity index is 2.34. The molecular weight excluding hydrogens is 214 g/mol. The summed E-state index contributed by atoms with van der Waals surface area (Å²) >= 11 is 0. The highest BCUT2D eigenvalue weighted by Gasteiger charge is 2.03. The maximum atomic E-state index is 11.2. The van der Waals surface area contributed by atoms with Gasteiger partial charge in [-0.1, -0.05) is 18.2 Å². The molecule has 0 bridgehead atoms. The van der Waals surface area contributed by atoms with Crippen molar-refractivity contribution in [2.45, 2.75) is 0 Å². The Morgan fingerprint density at radius 2 is 2.00 bits per heavy atom. The molecule has 4 nitrogen and oxygen atoms in total. The predicted octanol–water partition coefficient (Wildman–Crippen LogP) is 1.99. The zero-order valence-electron chi connectivity index (χ0n) is 8.92. The van der Waals surface area contributed by atoms with Gasteiger partial charge in [0.15, 0.2) is 0 Å². The van der Waals surface area contributed by atoms with E-state index in [0.717, 1.165) is 22.0 Å². The van der Waals surface area contributed by atoms with Crippen LogP contribution in [0.3, 0.4) is 0 Å². The Kier molecular flexibility index (Phi) is 2.19. The fourth-order valence-corrected chi connectivity index (χ4v) is 1.88. The molecule has 0 saturated heterocycles. The van der Waals surface area contributed by atoms with E-state index in [2.05, 4.69) is 15.0 Å². The van der Waals surface area contributed by atoms with Gasteiger partial charge in [-0.15, -0.1) is 0 Å². The van der Waals surface area contributed by atoms with Gasteiger partial charge in [0.25, 0.3) is 0 Å². The van der Waals surface area contributed by atoms with Crippen molar-refractivity contribution in [1.82, 2.24) is 15.0 Å². The van der Waals surface area contributed by atoms with Crippen LogP contribution in [0.15, 0.2) is 53.7 Å². The summed E-state index contributed by atoms with van der Waals surface area (Å²) in [6, 6.07) is 9.62. The van der Waals surface area contributed by atoms with Crippen molar-refractivity contribution in [3.63, 3.8) is 0 Å². The van der Waals surface area contributed by atoms with E-state index in [4.69, 9.17) is 0 Å². The number of pyridine rings is 1. The van der Waals surface area contributed by atoms with Gasteiger partial charge in [0, 0.05) is 29.5 Å². The van der Waals surface area contributed by atoms with Gasteiger partial charge in [0.2, 0.25) is 0 Å². The van der Waals surface area contributed by atoms with Crippen LogP contribution in [0.4, 0.5) is 0 Å². The van der Waals surface area contributed by atoms with Crippen LogP contribution in [-0.2, 0) is 0 Å². The van der Waals surface area contributed by atoms with Crippen LogP contribution in [0.2, 0.25) is 0 Å². The number of aromatic nitrogens is 3. The van der Waals surface area contributed by atoms with E-state index in [-0.39, 0.29) is 5.69 Å². The van der Waals surface area contributed by atoms with E-state index in [9.17, 15) is 4.79 Å². The van der Waals surface area contributed by atoms with Crippen LogP contribution in [0.5, 0.6) is 0 Å². The van der Waals surface area contributed by atoms with Gasteiger partial charge in [-0.3, -0.25) is 4.98 Å². The van der Waals surface area contributed by atoms with Crippen LogP contribution in [0, 0.1) is 0 Å². The molecule has 82 valence electrons. The number of nitrogens with zero attached hydrogens (tertiary/aromatic N) is 2. The number of benzene rings is 1. The third kappa shape index (κ3) is 1.69. The Morgan fingerprint density at radius 3 is 2.88 bits per heavy atom. The second kappa shape index (κ2) is 3.83. The largest absolute Gasteiger partial charge is 0.345 e. The standard InChI is InChI=1S/C13H9N3O/c17-13-15-7-5-12(16-13)11-3-1-2-9-8-14-6-4-10(9)11/h1-8H,(H,15,16,17). The summed E-state index contributed by atoms with van der Waals surface area (Å²) in [7, 11) is 0. The lowest BCUT2D eigenvalue weighted by Gasteiger charge is -2.05. The smallest absolute Gasteiger partial charge is 0.305 e. The van der Waals surface area contributed by atoms with Crippen molar-refractivity contribution in [2.24, 2.45) is 0 Å². The summed E-state index contributed by atoms with van der Waals surface area (Å²) in [5.41, 5.74) is 1.40. The molecule has 1 aromatic carbocycles. The van der Waals surface area contributed by atoms with Crippen LogP contribution in [0.25, 0.3) is 22.0 Å². The summed E-state index contributed by atoms with van der Waals surface area (Å²) in [5.74, 6) is 0. The molecule has 3 rings (SSSR count). The monoisotopic (exact) mass is 223 g/mol. The molecular formula is C13H9N3O. The molecule has 2 heterocycles. The molecule has 0 spiro atoms. The summed E-state index contributed by atoms with van der Waals surface area (Å²) in [6.45, 7) is 0. The van der Waals surface area contributed by atoms with Crippen LogP contribution in [0.1, 0.15) is 0 Å². The van der Waals surface area contributed by atoms with Gasteiger partial charge in [-0.05, 0) is 17.5 Å². The van der Waals surface area contributed by atoms with Crippen molar-refractivity contribution in [3.05, 3.63) is 59.4 Å². The number of aromatic amines is 1. The fraction of sp³-hybridized carbons (Fsp3) is 0. The number of H-pyrrole nitrogens is 1. The normalized spacial score (nSPS) is 10.6. The molecule has 2 aromatic heterocycles. The van der Waals surface area contributed by atoms with E-state index >= 15 is 0 Å². The Morgan fingerprint density at radius 1 is 1.06 bits per heavy atom. The van der Waals surface area contributed by atoms with Crippen molar-refractivity contribution in [1.29, 1.82) is 0 Å². The molecule has 0 unspecified atom stereocenters. The molecule has 0 aliphatic heterocycles. The molecule has 1 N–H and O–H groups in total. The fourth-order valence-electron chi connectivity index (χ4n) is 1.88. The first-order valence-electron chi connectivity index (χ1n) is 5.23. The number of fused-ring (bicyclic) bond motifs is 1. The summed E-state index contributed by atoms with van der Waals surface area (Å²) < 4.78 is 0. The van der Waals surface area contributed by atoms with E-state index in [1.165, 1.54) is 6.20 Å². The van der Waals surface area contributed by atoms with Gasteiger partial charge < -0.3 is 4.98 Å². The first-order valence-corrected chi connectivity index (χ1v) is 5.23. The Labute approximate surface area is 97.0 Å². The summed E-state index contributed by atoms with van der Waals surface area (Å²) in [5, 5.41) is 2.10. The molecule has 0 aliphatic carbocycles. The lowest BCUT2D eigenvalue weighted by molar-refractivity contribution is 1.08. The highest BCUT2D eigenvalue weighted by Crippen LogP contribution is 2.25. The minimum Gasteiger partial charge on any atom is -0.305 e. The lowest BCUT2D eigenvalue weighted by atomic mass is 10.0. The number of hydrogen-bond acceptors (Lipinski definition) is 3. The maximum absolute atomic E-state index is 11.2. The number of rotatable bonds is 1. The second-order valence-electron chi connectivity index (χ2n) is 3.69. The lowest BCUT2D eigenvalue weighted by Crippen LogP contribution is -2.09. The first-order chi connectivity index (χ1) is 8.34. The molecule has 0 radical (unpaired) electrons. The quantitative estimate of drug-likeness (QED) is 0.686. The summed E-state index contributed by atoms with van der Waals surface area (Å²) in [4.78, 5) is 21.7. The third-order valence-corrected chi connectivity index (χ3v) is 2.65. The van der Waals surface area contributed by atoms with Crippen molar-refractivity contribution in [3.8, 4) is 11.3 Å². The molecule has 0 saturated carbocycles. The van der Waals surface area contributed by atoms with E-state index in [0.29, 0.717) is 0 Å². The number of hydrogen-bond donors (Lipinski definition) is 1. The average molecular weight is 223 g/mol. The Hall–Kier alpha value is -2.49. The maximum Gasteiger partial charge on any atom is 0.345 e. The van der Waals surface area contributed by atoms with Gasteiger partial charge >= 0.3 is 5.69 Å². The van der Waals surface area contributed by atoms with Crippen LogP contribution in [-0.4, -0.2) is 15.0 Å². The van der Waals surface area contributed by atoms with E-state index in [1.54, 1.807) is 18.5 Å². The molecule has 0 fully saturated rings. The molecule has 4 heteroatoms. The van der Waals surface area contributed by atoms with Crippen molar-refractivity contribution in [2.75, 3.05) is 0 Å². The third-order valence-electron chi connectivity index (χ3n) is 2.65. The SMILES string of the molecule is O=c1nccc(-c2cccc3cnccc23)[nH]1. The topological polar surface area (TPSA) is 58.6 Å². The highest BCUT2D eigenvalue weighted by molar-refractivity contribution is 5.95. The molecule has 3 aromatic rings. The molecule has 0 amide bonds. The minimum atomic E-state index is -0.339. The minimum absolute atomic E-state index is 0.339. The molecule has 17 heavy (non-hydrogen) atoms. The Bertz CT molecular complexity index is 728. The molecule has 0 atom stereocenters. The van der Waals surface area contributed by atoms with Crippen molar-refractivity contribution >= 4 is 10.8 Å². The van der Waals surface area contributed by atoms with Crippen LogP contribution < -0.4 is 5.69 Å². The second-order valence-corrected chi connectivity index (χ2v) is 3.69. The van der Waals surface area contributed by atoms with E-state index in [1.807, 2.05) is 24.3 Å². The van der Waals surface area contributed by atoms with Crippen LogP contribution >= 0.6 is 0 Å². The van der Waals surface area contributed by atoms with Gasteiger partial charge in [-0.2, -0.15) is 0 Å². The van der Waals surface area contributed by atoms with Gasteiger partial charge in [0.1, 0.15) is 0 Å². The highest BCUT2D eigenvalue weighted by atomic mass is 16.1. The summed E-state index contributed by atoms with van der Waals surface area (Å²) in [6.07, 6.45) is 5.05. The zero-order valence-corrected chi connectivity index (χ0v) is 8.92. The zero-order chi connectivity index (χ0) is 11.7. The van der Waals surface area contributed by atoms with E-state index < -0.39 is 0 Å². The predicted molar refractivity (Wildman–Crippen MR) is 65.6 cm³/mol. The van der Waals surface area contributed by atoms with Gasteiger partial charge in [0.05, 0.1) is 5.69 Å². The number of nitrogens with one attached hydrogen (secondary N) is 1. The first kappa shape index (κ1) is 9.72. The molecule has 0 aliphatic rings. The van der Waals surface area contributed by atoms with Gasteiger partial charge in [-0.25, -0.2) is 9.78 Å².